The molecule has 2 rings (SSSR count). The van der Waals surface area contributed by atoms with Crippen molar-refractivity contribution in [3.63, 3.8) is 0 Å². The molecular formula is C9H9F2N. The van der Waals surface area contributed by atoms with Gasteiger partial charge in [-0.05, 0) is 30.0 Å². The Hall–Kier alpha value is -0.960. The summed E-state index contributed by atoms with van der Waals surface area (Å²) in [5, 5.41) is 0. The molecule has 0 spiro atoms. The van der Waals surface area contributed by atoms with Gasteiger partial charge in [0.15, 0.2) is 11.6 Å². The highest BCUT2D eigenvalue weighted by atomic mass is 19.2. The van der Waals surface area contributed by atoms with E-state index >= 15 is 0 Å². The van der Waals surface area contributed by atoms with Crippen molar-refractivity contribution >= 4 is 0 Å². The quantitative estimate of drug-likeness (QED) is 0.630. The molecule has 0 aliphatic heterocycles. The summed E-state index contributed by atoms with van der Waals surface area (Å²) < 4.78 is 25.7. The molecule has 1 aromatic rings. The van der Waals surface area contributed by atoms with Crippen LogP contribution in [0.15, 0.2) is 12.1 Å². The van der Waals surface area contributed by atoms with E-state index in [1.54, 1.807) is 6.07 Å². The summed E-state index contributed by atoms with van der Waals surface area (Å²) in [5.74, 6) is -1.50. The van der Waals surface area contributed by atoms with Crippen LogP contribution < -0.4 is 5.73 Å². The molecule has 0 amide bonds. The zero-order valence-electron chi connectivity index (χ0n) is 6.48. The lowest BCUT2D eigenvalue weighted by molar-refractivity contribution is 0.500. The summed E-state index contributed by atoms with van der Waals surface area (Å²) in [6.45, 7) is 0. The smallest absolute Gasteiger partial charge is 0.162 e. The molecule has 2 N–H and O–H groups in total. The van der Waals surface area contributed by atoms with E-state index in [-0.39, 0.29) is 6.04 Å². The van der Waals surface area contributed by atoms with E-state index in [0.29, 0.717) is 12.0 Å². The Bertz CT molecular complexity index is 323. The predicted octanol–water partition coefficient (Wildman–Crippen LogP) is 1.91. The fourth-order valence-corrected chi connectivity index (χ4v) is 1.66. The molecule has 0 saturated heterocycles. The van der Waals surface area contributed by atoms with E-state index in [9.17, 15) is 8.78 Å². The first kappa shape index (κ1) is 7.68. The maximum absolute atomic E-state index is 13.0. The average molecular weight is 169 g/mol. The fourth-order valence-electron chi connectivity index (χ4n) is 1.66. The molecule has 12 heavy (non-hydrogen) atoms. The second-order valence-electron chi connectivity index (χ2n) is 3.07. The first-order valence-corrected chi connectivity index (χ1v) is 3.92. The van der Waals surface area contributed by atoms with Crippen molar-refractivity contribution in [1.82, 2.24) is 0 Å². The molecule has 0 unspecified atom stereocenters. The standard InChI is InChI=1S/C9H9F2N/c10-7-3-1-5-6(9(7)11)2-4-8(5)12/h1,3,8H,2,4,12H2/t8-/m0/s1. The summed E-state index contributed by atoms with van der Waals surface area (Å²) in [6, 6.07) is 2.60. The van der Waals surface area contributed by atoms with Gasteiger partial charge in [0.25, 0.3) is 0 Å². The zero-order valence-corrected chi connectivity index (χ0v) is 6.48. The van der Waals surface area contributed by atoms with Crippen LogP contribution >= 0.6 is 0 Å². The summed E-state index contributed by atoms with van der Waals surface area (Å²) in [7, 11) is 0. The Morgan fingerprint density at radius 1 is 1.33 bits per heavy atom. The molecule has 3 heteroatoms. The van der Waals surface area contributed by atoms with Crippen LogP contribution in [0.1, 0.15) is 23.6 Å². The molecule has 1 atom stereocenters. The Kier molecular flexibility index (Phi) is 1.61. The summed E-state index contributed by atoms with van der Waals surface area (Å²) >= 11 is 0. The first-order chi connectivity index (χ1) is 5.70. The molecule has 0 aromatic heterocycles. The van der Waals surface area contributed by atoms with Gasteiger partial charge in [0.2, 0.25) is 0 Å². The number of benzene rings is 1. The molecule has 0 bridgehead atoms. The first-order valence-electron chi connectivity index (χ1n) is 3.92. The van der Waals surface area contributed by atoms with Gasteiger partial charge in [-0.3, -0.25) is 0 Å². The van der Waals surface area contributed by atoms with Crippen molar-refractivity contribution in [3.8, 4) is 0 Å². The van der Waals surface area contributed by atoms with Crippen LogP contribution in [0, 0.1) is 11.6 Å². The van der Waals surface area contributed by atoms with Crippen molar-refractivity contribution in [1.29, 1.82) is 0 Å². The minimum absolute atomic E-state index is 0.116. The number of halogens is 2. The van der Waals surface area contributed by atoms with Crippen molar-refractivity contribution in [2.24, 2.45) is 5.73 Å². The zero-order chi connectivity index (χ0) is 8.72. The van der Waals surface area contributed by atoms with Gasteiger partial charge in [-0.2, -0.15) is 0 Å². The molecular weight excluding hydrogens is 160 g/mol. The summed E-state index contributed by atoms with van der Waals surface area (Å²) in [6.07, 6.45) is 1.27. The third-order valence-corrected chi connectivity index (χ3v) is 2.34. The summed E-state index contributed by atoms with van der Waals surface area (Å²) in [4.78, 5) is 0. The number of hydrogen-bond donors (Lipinski definition) is 1. The second kappa shape index (κ2) is 2.52. The van der Waals surface area contributed by atoms with E-state index in [4.69, 9.17) is 5.73 Å². The SMILES string of the molecule is N[C@H]1CCc2c1ccc(F)c2F. The van der Waals surface area contributed by atoms with E-state index in [0.717, 1.165) is 18.1 Å². The molecule has 1 nitrogen and oxygen atoms in total. The van der Waals surface area contributed by atoms with Crippen LogP contribution in [0.4, 0.5) is 8.78 Å². The van der Waals surface area contributed by atoms with E-state index in [1.165, 1.54) is 0 Å². The van der Waals surface area contributed by atoms with Gasteiger partial charge in [-0.25, -0.2) is 8.78 Å². The van der Waals surface area contributed by atoms with E-state index in [1.807, 2.05) is 0 Å². The average Bonchev–Trinajstić information content (AvgIpc) is 2.41. The van der Waals surface area contributed by atoms with Gasteiger partial charge in [-0.15, -0.1) is 0 Å². The maximum atomic E-state index is 13.0. The number of nitrogens with two attached hydrogens (primary N) is 1. The van der Waals surface area contributed by atoms with Crippen molar-refractivity contribution in [2.75, 3.05) is 0 Å². The third-order valence-electron chi connectivity index (χ3n) is 2.34. The molecule has 1 aliphatic carbocycles. The van der Waals surface area contributed by atoms with Crippen LogP contribution in [-0.4, -0.2) is 0 Å². The molecule has 64 valence electrons. The van der Waals surface area contributed by atoms with Crippen molar-refractivity contribution in [2.45, 2.75) is 18.9 Å². The molecule has 1 aliphatic rings. The molecule has 0 heterocycles. The Labute approximate surface area is 69.2 Å². The second-order valence-corrected chi connectivity index (χ2v) is 3.07. The summed E-state index contributed by atoms with van der Waals surface area (Å²) in [5.41, 5.74) is 6.90. The topological polar surface area (TPSA) is 26.0 Å². The highest BCUT2D eigenvalue weighted by molar-refractivity contribution is 5.35. The lowest BCUT2D eigenvalue weighted by Crippen LogP contribution is -2.05. The van der Waals surface area contributed by atoms with Crippen molar-refractivity contribution < 1.29 is 8.78 Å². The van der Waals surface area contributed by atoms with Gasteiger partial charge >= 0.3 is 0 Å². The minimum Gasteiger partial charge on any atom is -0.324 e. The van der Waals surface area contributed by atoms with Crippen LogP contribution in [-0.2, 0) is 6.42 Å². The van der Waals surface area contributed by atoms with E-state index in [2.05, 4.69) is 0 Å². The normalized spacial score (nSPS) is 21.1. The third kappa shape index (κ3) is 0.932. The fraction of sp³-hybridized carbons (Fsp3) is 0.333. The molecule has 0 saturated carbocycles. The monoisotopic (exact) mass is 169 g/mol. The molecule has 0 fully saturated rings. The largest absolute Gasteiger partial charge is 0.324 e. The lowest BCUT2D eigenvalue weighted by Gasteiger charge is -2.04. The predicted molar refractivity (Wildman–Crippen MR) is 41.6 cm³/mol. The van der Waals surface area contributed by atoms with Crippen LogP contribution in [0.25, 0.3) is 0 Å². The van der Waals surface area contributed by atoms with E-state index < -0.39 is 11.6 Å². The Morgan fingerprint density at radius 3 is 2.83 bits per heavy atom. The molecule has 1 aromatic carbocycles. The van der Waals surface area contributed by atoms with Gasteiger partial charge < -0.3 is 5.73 Å². The highest BCUT2D eigenvalue weighted by Gasteiger charge is 2.23. The Balaban J connectivity index is 2.60. The van der Waals surface area contributed by atoms with Gasteiger partial charge in [-0.1, -0.05) is 6.07 Å². The highest BCUT2D eigenvalue weighted by Crippen LogP contribution is 2.31. The maximum Gasteiger partial charge on any atom is 0.162 e. The van der Waals surface area contributed by atoms with Crippen LogP contribution in [0.3, 0.4) is 0 Å². The van der Waals surface area contributed by atoms with Gasteiger partial charge in [0.05, 0.1) is 0 Å². The number of fused-ring (bicyclic) bond motifs is 1. The van der Waals surface area contributed by atoms with Crippen LogP contribution in [0.2, 0.25) is 0 Å². The van der Waals surface area contributed by atoms with Gasteiger partial charge in [0, 0.05) is 6.04 Å². The lowest BCUT2D eigenvalue weighted by atomic mass is 10.1. The Morgan fingerprint density at radius 2 is 2.08 bits per heavy atom. The van der Waals surface area contributed by atoms with Crippen molar-refractivity contribution in [3.05, 3.63) is 34.9 Å². The number of hydrogen-bond acceptors (Lipinski definition) is 1. The number of rotatable bonds is 0. The van der Waals surface area contributed by atoms with Gasteiger partial charge in [0.1, 0.15) is 0 Å². The van der Waals surface area contributed by atoms with Crippen LogP contribution in [0.5, 0.6) is 0 Å². The minimum atomic E-state index is -0.775. The molecule has 0 radical (unpaired) electrons.